The highest BCUT2D eigenvalue weighted by Crippen LogP contribution is 2.33. The maximum Gasteiger partial charge on any atom is 0.574 e. The van der Waals surface area contributed by atoms with Crippen LogP contribution in [0.25, 0.3) is 0 Å². The van der Waals surface area contributed by atoms with Crippen molar-refractivity contribution >= 4 is 28.6 Å². The van der Waals surface area contributed by atoms with Gasteiger partial charge in [0, 0.05) is 0 Å². The molecule has 0 aliphatic heterocycles. The summed E-state index contributed by atoms with van der Waals surface area (Å²) in [5.74, 6) is -1.96. The van der Waals surface area contributed by atoms with Crippen molar-refractivity contribution in [3.63, 3.8) is 0 Å². The lowest BCUT2D eigenvalue weighted by molar-refractivity contribution is -0.276. The average molecular weight is 411 g/mol. The van der Waals surface area contributed by atoms with Crippen LogP contribution in [0.4, 0.5) is 22.0 Å². The third-order valence-electron chi connectivity index (χ3n) is 2.05. The Morgan fingerprint density at radius 2 is 2.05 bits per heavy atom. The summed E-state index contributed by atoms with van der Waals surface area (Å²) in [6.07, 6.45) is -8.74. The lowest BCUT2D eigenvalue weighted by Gasteiger charge is -2.14. The largest absolute Gasteiger partial charge is 0.574 e. The molecule has 0 saturated carbocycles. The van der Waals surface area contributed by atoms with Gasteiger partial charge in [0.25, 0.3) is 6.43 Å². The van der Waals surface area contributed by atoms with Crippen LogP contribution < -0.4 is 4.74 Å². The molecule has 0 fully saturated rings. The summed E-state index contributed by atoms with van der Waals surface area (Å²) >= 11 is 1.52. The molecule has 1 heterocycles. The van der Waals surface area contributed by atoms with Crippen molar-refractivity contribution in [2.75, 3.05) is 7.11 Å². The number of halogens is 6. The minimum Gasteiger partial charge on any atom is -0.469 e. The van der Waals surface area contributed by atoms with Crippen molar-refractivity contribution in [3.8, 4) is 5.88 Å². The number of aromatic nitrogens is 1. The second-order valence-corrected chi connectivity index (χ2v) is 4.46. The smallest absolute Gasteiger partial charge is 0.469 e. The highest BCUT2D eigenvalue weighted by atomic mass is 127. The van der Waals surface area contributed by atoms with Gasteiger partial charge in [-0.3, -0.25) is 4.79 Å². The maximum atomic E-state index is 12.7. The monoisotopic (exact) mass is 411 g/mol. The van der Waals surface area contributed by atoms with Gasteiger partial charge in [0.15, 0.2) is 0 Å². The fourth-order valence-electron chi connectivity index (χ4n) is 1.23. The molecule has 10 heteroatoms. The molecule has 0 aliphatic carbocycles. The van der Waals surface area contributed by atoms with Crippen LogP contribution in [0.3, 0.4) is 0 Å². The van der Waals surface area contributed by atoms with Gasteiger partial charge in [-0.1, -0.05) is 0 Å². The highest BCUT2D eigenvalue weighted by molar-refractivity contribution is 14.1. The van der Waals surface area contributed by atoms with Crippen LogP contribution in [-0.2, 0) is 16.0 Å². The van der Waals surface area contributed by atoms with Gasteiger partial charge < -0.3 is 9.47 Å². The Labute approximate surface area is 123 Å². The lowest BCUT2D eigenvalue weighted by atomic mass is 10.1. The van der Waals surface area contributed by atoms with E-state index in [2.05, 4.69) is 14.5 Å². The zero-order valence-electron chi connectivity index (χ0n) is 9.80. The van der Waals surface area contributed by atoms with Gasteiger partial charge in [-0.15, -0.1) is 13.2 Å². The van der Waals surface area contributed by atoms with Gasteiger partial charge >= 0.3 is 12.3 Å². The standard InChI is InChI=1S/C10H7F5INO3/c1-19-6(18)3-4-2-5(7(11)12)9(17-8(4)16)20-10(13,14)15/h2,7H,3H2,1H3. The zero-order chi connectivity index (χ0) is 15.5. The van der Waals surface area contributed by atoms with E-state index in [1.54, 1.807) is 0 Å². The van der Waals surface area contributed by atoms with E-state index in [0.29, 0.717) is 0 Å². The summed E-state index contributed by atoms with van der Waals surface area (Å²) in [4.78, 5) is 14.4. The van der Waals surface area contributed by atoms with E-state index in [-0.39, 0.29) is 15.7 Å². The first kappa shape index (κ1) is 16.9. The number of alkyl halides is 5. The molecule has 0 aromatic carbocycles. The Bertz CT molecular complexity index is 506. The number of nitrogens with zero attached hydrogens (tertiary/aromatic N) is 1. The van der Waals surface area contributed by atoms with Gasteiger partial charge in [-0.05, 0) is 34.2 Å². The molecule has 0 spiro atoms. The van der Waals surface area contributed by atoms with Crippen LogP contribution in [0.2, 0.25) is 0 Å². The van der Waals surface area contributed by atoms with Gasteiger partial charge in [0.05, 0.1) is 19.1 Å². The molecule has 0 saturated heterocycles. The SMILES string of the molecule is COC(=O)Cc1cc(C(F)F)c(OC(F)(F)F)nc1I. The maximum absolute atomic E-state index is 12.7. The number of methoxy groups -OCH3 is 1. The van der Waals surface area contributed by atoms with E-state index in [0.717, 1.165) is 13.2 Å². The minimum absolute atomic E-state index is 0.0299. The van der Waals surface area contributed by atoms with Crippen LogP contribution >= 0.6 is 22.6 Å². The number of pyridine rings is 1. The Balaban J connectivity index is 3.21. The van der Waals surface area contributed by atoms with Gasteiger partial charge in [-0.2, -0.15) is 0 Å². The quantitative estimate of drug-likeness (QED) is 0.331. The number of hydrogen-bond acceptors (Lipinski definition) is 4. The Morgan fingerprint density at radius 1 is 1.45 bits per heavy atom. The summed E-state index contributed by atoms with van der Waals surface area (Å²) < 4.78 is 69.5. The van der Waals surface area contributed by atoms with E-state index in [1.807, 2.05) is 0 Å². The average Bonchev–Trinajstić information content (AvgIpc) is 2.29. The summed E-state index contributed by atoms with van der Waals surface area (Å²) in [7, 11) is 1.10. The molecule has 0 N–H and O–H groups in total. The molecule has 4 nitrogen and oxygen atoms in total. The lowest BCUT2D eigenvalue weighted by Crippen LogP contribution is -2.20. The molecule has 0 atom stereocenters. The number of carbonyl (C=O) groups is 1. The third kappa shape index (κ3) is 4.72. The first-order valence-corrected chi connectivity index (χ1v) is 6.02. The van der Waals surface area contributed by atoms with E-state index in [1.165, 1.54) is 22.6 Å². The number of esters is 1. The van der Waals surface area contributed by atoms with Gasteiger partial charge in [0.1, 0.15) is 3.70 Å². The van der Waals surface area contributed by atoms with Crippen LogP contribution in [0.1, 0.15) is 17.6 Å². The summed E-state index contributed by atoms with van der Waals surface area (Å²) in [5.41, 5.74) is -1.01. The Kier molecular flexibility index (Phi) is 5.48. The fraction of sp³-hybridized carbons (Fsp3) is 0.400. The van der Waals surface area contributed by atoms with Crippen molar-refractivity contribution in [3.05, 3.63) is 20.9 Å². The molecular formula is C10H7F5INO3. The molecule has 20 heavy (non-hydrogen) atoms. The van der Waals surface area contributed by atoms with Crippen molar-refractivity contribution < 1.29 is 36.2 Å². The molecule has 1 aromatic rings. The van der Waals surface area contributed by atoms with Crippen molar-refractivity contribution in [1.82, 2.24) is 4.98 Å². The van der Waals surface area contributed by atoms with Gasteiger partial charge in [0.2, 0.25) is 5.88 Å². The van der Waals surface area contributed by atoms with E-state index in [4.69, 9.17) is 0 Å². The fourth-order valence-corrected chi connectivity index (χ4v) is 1.80. The van der Waals surface area contributed by atoms with Gasteiger partial charge in [-0.25, -0.2) is 13.8 Å². The Hall–Kier alpha value is -1.20. The summed E-state index contributed by atoms with van der Waals surface area (Å²) in [6.45, 7) is 0. The van der Waals surface area contributed by atoms with Crippen LogP contribution in [0.15, 0.2) is 6.07 Å². The van der Waals surface area contributed by atoms with Crippen molar-refractivity contribution in [2.45, 2.75) is 19.2 Å². The molecule has 0 radical (unpaired) electrons. The summed E-state index contributed by atoms with van der Waals surface area (Å²) in [6, 6.07) is 0.747. The molecule has 0 bridgehead atoms. The number of hydrogen-bond donors (Lipinski definition) is 0. The second-order valence-electron chi connectivity index (χ2n) is 3.43. The number of ether oxygens (including phenoxy) is 2. The highest BCUT2D eigenvalue weighted by Gasteiger charge is 2.34. The van der Waals surface area contributed by atoms with E-state index >= 15 is 0 Å². The third-order valence-corrected chi connectivity index (χ3v) is 2.99. The topological polar surface area (TPSA) is 48.4 Å². The molecule has 0 unspecified atom stereocenters. The molecule has 0 amide bonds. The molecule has 1 rings (SSSR count). The molecular weight excluding hydrogens is 404 g/mol. The van der Waals surface area contributed by atoms with Crippen LogP contribution in [0, 0.1) is 3.70 Å². The van der Waals surface area contributed by atoms with Crippen molar-refractivity contribution in [2.24, 2.45) is 0 Å². The molecule has 0 aliphatic rings. The summed E-state index contributed by atoms with van der Waals surface area (Å²) in [5, 5.41) is 0. The first-order chi connectivity index (χ1) is 9.14. The minimum atomic E-state index is -5.14. The number of rotatable bonds is 4. The Morgan fingerprint density at radius 3 is 2.50 bits per heavy atom. The normalized spacial score (nSPS) is 11.6. The second kappa shape index (κ2) is 6.50. The van der Waals surface area contributed by atoms with Crippen LogP contribution in [0.5, 0.6) is 5.88 Å². The van der Waals surface area contributed by atoms with E-state index < -0.39 is 30.2 Å². The molecule has 1 aromatic heterocycles. The molecule has 112 valence electrons. The van der Waals surface area contributed by atoms with Crippen LogP contribution in [-0.4, -0.2) is 24.4 Å². The van der Waals surface area contributed by atoms with Crippen molar-refractivity contribution in [1.29, 1.82) is 0 Å². The predicted molar refractivity (Wildman–Crippen MR) is 64.3 cm³/mol. The first-order valence-electron chi connectivity index (χ1n) is 4.94. The predicted octanol–water partition coefficient (Wildman–Crippen LogP) is 3.24. The zero-order valence-corrected chi connectivity index (χ0v) is 12.0. The van der Waals surface area contributed by atoms with E-state index in [9.17, 15) is 26.7 Å². The number of carbonyl (C=O) groups excluding carboxylic acids is 1.